The van der Waals surface area contributed by atoms with Gasteiger partial charge in [-0.2, -0.15) is 5.10 Å². The number of carbonyl (C=O) groups is 1. The van der Waals surface area contributed by atoms with Gasteiger partial charge in [-0.3, -0.25) is 4.79 Å². The van der Waals surface area contributed by atoms with Gasteiger partial charge in [-0.05, 0) is 32.4 Å². The topological polar surface area (TPSA) is 67.5 Å². The van der Waals surface area contributed by atoms with Crippen molar-refractivity contribution in [2.45, 2.75) is 33.1 Å². The Morgan fingerprint density at radius 1 is 1.32 bits per heavy atom. The van der Waals surface area contributed by atoms with Crippen LogP contribution in [0.5, 0.6) is 0 Å². The number of benzene rings is 1. The lowest BCUT2D eigenvalue weighted by molar-refractivity contribution is -0.138. The Morgan fingerprint density at radius 3 is 2.64 bits per heavy atom. The number of fused-ring (bicyclic) bond motifs is 1. The van der Waals surface area contributed by atoms with E-state index in [1.165, 1.54) is 4.52 Å². The van der Waals surface area contributed by atoms with Gasteiger partial charge in [0.05, 0.1) is 11.6 Å². The largest absolute Gasteiger partial charge is 0.481 e. The number of hydrogen-bond acceptors (Lipinski definition) is 3. The van der Waals surface area contributed by atoms with Crippen LogP contribution < -0.4 is 0 Å². The molecule has 1 aromatic carbocycles. The van der Waals surface area contributed by atoms with E-state index in [0.29, 0.717) is 28.3 Å². The zero-order valence-electron chi connectivity index (χ0n) is 14.0. The summed E-state index contributed by atoms with van der Waals surface area (Å²) in [4.78, 5) is 16.1. The molecule has 0 aliphatic heterocycles. The fraction of sp³-hybridized carbons (Fsp3) is 0.278. The van der Waals surface area contributed by atoms with Gasteiger partial charge in [-0.25, -0.2) is 9.50 Å². The minimum absolute atomic E-state index is 0.285. The van der Waals surface area contributed by atoms with Crippen molar-refractivity contribution < 1.29 is 9.90 Å². The maximum atomic E-state index is 11.6. The van der Waals surface area contributed by atoms with Crippen molar-refractivity contribution in [2.75, 3.05) is 0 Å². The molecule has 2 aromatic heterocycles. The number of aryl methyl sites for hydroxylation is 2. The highest BCUT2D eigenvalue weighted by atomic mass is 35.5. The molecule has 1 N–H and O–H groups in total. The zero-order chi connectivity index (χ0) is 18.3. The first-order valence-electron chi connectivity index (χ1n) is 7.89. The predicted molar refractivity (Wildman–Crippen MR) is 98.6 cm³/mol. The molecule has 1 atom stereocenters. The molecular weight excluding hydrogens is 361 g/mol. The van der Waals surface area contributed by atoms with E-state index in [9.17, 15) is 9.90 Å². The number of carboxylic acids is 1. The lowest BCUT2D eigenvalue weighted by atomic mass is 9.97. The van der Waals surface area contributed by atoms with Gasteiger partial charge in [0.25, 0.3) is 0 Å². The molecule has 0 fully saturated rings. The molecule has 0 aliphatic rings. The summed E-state index contributed by atoms with van der Waals surface area (Å²) >= 11 is 12.6. The quantitative estimate of drug-likeness (QED) is 0.656. The maximum absolute atomic E-state index is 11.6. The van der Waals surface area contributed by atoms with Crippen LogP contribution in [-0.4, -0.2) is 25.7 Å². The van der Waals surface area contributed by atoms with Gasteiger partial charge >= 0.3 is 5.97 Å². The molecule has 0 aliphatic carbocycles. The summed E-state index contributed by atoms with van der Waals surface area (Å²) in [5.74, 6) is -1.64. The molecule has 1 unspecified atom stereocenters. The van der Waals surface area contributed by atoms with Gasteiger partial charge in [-0.15, -0.1) is 0 Å². The second kappa shape index (κ2) is 6.65. The van der Waals surface area contributed by atoms with E-state index in [4.69, 9.17) is 23.2 Å². The fourth-order valence-corrected chi connectivity index (χ4v) is 3.62. The van der Waals surface area contributed by atoms with E-state index in [1.807, 2.05) is 32.0 Å². The molecule has 0 saturated heterocycles. The van der Waals surface area contributed by atoms with Crippen LogP contribution in [0.1, 0.15) is 36.1 Å². The lowest BCUT2D eigenvalue weighted by Crippen LogP contribution is -2.15. The fourth-order valence-electron chi connectivity index (χ4n) is 3.05. The molecule has 3 rings (SSSR count). The molecule has 7 heteroatoms. The molecular formula is C18H17Cl2N3O2. The molecule has 0 spiro atoms. The summed E-state index contributed by atoms with van der Waals surface area (Å²) < 4.78 is 1.51. The first kappa shape index (κ1) is 17.7. The van der Waals surface area contributed by atoms with Gasteiger partial charge in [0.2, 0.25) is 0 Å². The third-order valence-corrected chi connectivity index (χ3v) is 4.91. The monoisotopic (exact) mass is 377 g/mol. The summed E-state index contributed by atoms with van der Waals surface area (Å²) in [6.07, 6.45) is 0.421. The number of halogens is 2. The number of nitrogens with zero attached hydrogens (tertiary/aromatic N) is 3. The normalized spacial score (nSPS) is 12.5. The highest BCUT2D eigenvalue weighted by molar-refractivity contribution is 6.31. The van der Waals surface area contributed by atoms with E-state index in [1.54, 1.807) is 13.0 Å². The maximum Gasteiger partial charge on any atom is 0.311 e. The number of rotatable bonds is 4. The predicted octanol–water partition coefficient (Wildman–Crippen LogP) is 4.90. The molecule has 0 radical (unpaired) electrons. The Kier molecular flexibility index (Phi) is 4.71. The molecule has 0 bridgehead atoms. The van der Waals surface area contributed by atoms with Gasteiger partial charge in [0.1, 0.15) is 5.15 Å². The van der Waals surface area contributed by atoms with Crippen LogP contribution in [0, 0.1) is 13.8 Å². The van der Waals surface area contributed by atoms with Crippen LogP contribution in [0.25, 0.3) is 16.9 Å². The van der Waals surface area contributed by atoms with E-state index in [-0.39, 0.29) is 5.15 Å². The van der Waals surface area contributed by atoms with E-state index >= 15 is 0 Å². The highest BCUT2D eigenvalue weighted by Crippen LogP contribution is 2.34. The third kappa shape index (κ3) is 2.98. The smallest absolute Gasteiger partial charge is 0.311 e. The van der Waals surface area contributed by atoms with Crippen LogP contribution in [-0.2, 0) is 4.79 Å². The van der Waals surface area contributed by atoms with Crippen molar-refractivity contribution in [3.63, 3.8) is 0 Å². The number of hydrogen-bond donors (Lipinski definition) is 1. The number of aromatic nitrogens is 3. The molecule has 130 valence electrons. The SMILES string of the molecule is CCC(C(=O)O)c1c(C)nc2c(C)c(-c3cccc(Cl)c3)nn2c1Cl. The van der Waals surface area contributed by atoms with E-state index < -0.39 is 11.9 Å². The Bertz CT molecular complexity index is 982. The molecule has 3 aromatic rings. The number of aliphatic carboxylic acids is 1. The third-order valence-electron chi connectivity index (χ3n) is 4.32. The van der Waals surface area contributed by atoms with Gasteiger partial charge in [0.15, 0.2) is 5.65 Å². The van der Waals surface area contributed by atoms with Crippen LogP contribution >= 0.6 is 23.2 Å². The average molecular weight is 378 g/mol. The summed E-state index contributed by atoms with van der Waals surface area (Å²) in [6, 6.07) is 7.38. The van der Waals surface area contributed by atoms with Crippen molar-refractivity contribution in [3.05, 3.63) is 51.3 Å². The minimum atomic E-state index is -0.924. The molecule has 2 heterocycles. The molecule has 25 heavy (non-hydrogen) atoms. The second-order valence-electron chi connectivity index (χ2n) is 5.92. The first-order valence-corrected chi connectivity index (χ1v) is 8.64. The van der Waals surface area contributed by atoms with Crippen molar-refractivity contribution in [1.82, 2.24) is 14.6 Å². The van der Waals surface area contributed by atoms with E-state index in [0.717, 1.165) is 16.8 Å². The average Bonchev–Trinajstić information content (AvgIpc) is 2.88. The summed E-state index contributed by atoms with van der Waals surface area (Å²) in [5.41, 5.74) is 4.16. The van der Waals surface area contributed by atoms with Crippen LogP contribution in [0.4, 0.5) is 0 Å². The number of carboxylic acid groups (broad SMARTS) is 1. The zero-order valence-corrected chi connectivity index (χ0v) is 15.6. The van der Waals surface area contributed by atoms with Gasteiger partial charge < -0.3 is 5.11 Å². The Morgan fingerprint density at radius 2 is 2.04 bits per heavy atom. The minimum Gasteiger partial charge on any atom is -0.481 e. The first-order chi connectivity index (χ1) is 11.8. The highest BCUT2D eigenvalue weighted by Gasteiger charge is 2.27. The summed E-state index contributed by atoms with van der Waals surface area (Å²) in [7, 11) is 0. The van der Waals surface area contributed by atoms with E-state index in [2.05, 4.69) is 10.1 Å². The Balaban J connectivity index is 2.28. The summed E-state index contributed by atoms with van der Waals surface area (Å²) in [5, 5.41) is 15.0. The van der Waals surface area contributed by atoms with Crippen molar-refractivity contribution in [1.29, 1.82) is 0 Å². The molecule has 5 nitrogen and oxygen atoms in total. The van der Waals surface area contributed by atoms with Crippen molar-refractivity contribution >= 4 is 34.8 Å². The van der Waals surface area contributed by atoms with Crippen LogP contribution in [0.15, 0.2) is 24.3 Å². The summed E-state index contributed by atoms with van der Waals surface area (Å²) in [6.45, 7) is 5.50. The molecule has 0 saturated carbocycles. The Hall–Kier alpha value is -2.11. The van der Waals surface area contributed by atoms with Crippen LogP contribution in [0.3, 0.4) is 0 Å². The molecule has 0 amide bonds. The van der Waals surface area contributed by atoms with Gasteiger partial charge in [-0.1, -0.05) is 42.3 Å². The lowest BCUT2D eigenvalue weighted by Gasteiger charge is -2.15. The van der Waals surface area contributed by atoms with Crippen LogP contribution in [0.2, 0.25) is 10.2 Å². The Labute approximate surface area is 155 Å². The standard InChI is InChI=1S/C18H17Cl2N3O2/c1-4-13(18(24)25)14-10(3)21-17-9(2)15(22-23(17)16(14)20)11-6-5-7-12(19)8-11/h5-8,13H,4H2,1-3H3,(H,24,25). The van der Waals surface area contributed by atoms with Crippen molar-refractivity contribution in [2.24, 2.45) is 0 Å². The second-order valence-corrected chi connectivity index (χ2v) is 6.71. The van der Waals surface area contributed by atoms with Crippen molar-refractivity contribution in [3.8, 4) is 11.3 Å². The van der Waals surface area contributed by atoms with Gasteiger partial charge in [0, 0.05) is 27.4 Å².